The number of amides is 1. The third-order valence-electron chi connectivity index (χ3n) is 5.46. The van der Waals surface area contributed by atoms with E-state index in [0.29, 0.717) is 41.6 Å². The van der Waals surface area contributed by atoms with E-state index in [1.165, 1.54) is 0 Å². The number of hydrogen-bond donors (Lipinski definition) is 0. The molecule has 0 radical (unpaired) electrons. The van der Waals surface area contributed by atoms with Crippen LogP contribution in [0.5, 0.6) is 0 Å². The molecule has 0 unspecified atom stereocenters. The first kappa shape index (κ1) is 22.2. The van der Waals surface area contributed by atoms with Crippen LogP contribution in [-0.4, -0.2) is 47.8 Å². The van der Waals surface area contributed by atoms with Gasteiger partial charge in [-0.15, -0.1) is 0 Å². The Labute approximate surface area is 187 Å². The average Bonchev–Trinajstić information content (AvgIpc) is 3.50. The molecule has 5 nitrogen and oxygen atoms in total. The second kappa shape index (κ2) is 7.83. The number of ether oxygens (including phenoxy) is 1. The van der Waals surface area contributed by atoms with Crippen LogP contribution < -0.4 is 4.90 Å². The number of nitrogens with zero attached hydrogens (tertiary/aromatic N) is 3. The van der Waals surface area contributed by atoms with Crippen molar-refractivity contribution in [3.63, 3.8) is 0 Å². The summed E-state index contributed by atoms with van der Waals surface area (Å²) >= 11 is 3.30. The highest BCUT2D eigenvalue weighted by atomic mass is 79.9. The first-order chi connectivity index (χ1) is 14.4. The Morgan fingerprint density at radius 2 is 1.74 bits per heavy atom. The molecule has 1 saturated carbocycles. The first-order valence-corrected chi connectivity index (χ1v) is 11.2. The zero-order valence-electron chi connectivity index (χ0n) is 17.7. The average molecular weight is 500 g/mol. The number of rotatable bonds is 2. The lowest BCUT2D eigenvalue weighted by Crippen LogP contribution is -2.50. The Kier molecular flexibility index (Phi) is 5.60. The normalized spacial score (nSPS) is 17.9. The van der Waals surface area contributed by atoms with E-state index >= 15 is 0 Å². The highest BCUT2D eigenvalue weighted by Gasteiger charge is 2.34. The molecule has 1 aliphatic carbocycles. The van der Waals surface area contributed by atoms with Gasteiger partial charge in [0.1, 0.15) is 5.60 Å². The van der Waals surface area contributed by atoms with Gasteiger partial charge in [-0.25, -0.2) is 4.79 Å². The van der Waals surface area contributed by atoms with Gasteiger partial charge in [0.15, 0.2) is 0 Å². The van der Waals surface area contributed by atoms with E-state index in [2.05, 4.69) is 25.8 Å². The van der Waals surface area contributed by atoms with Gasteiger partial charge in [-0.1, -0.05) is 15.9 Å². The monoisotopic (exact) mass is 499 g/mol. The summed E-state index contributed by atoms with van der Waals surface area (Å²) in [4.78, 5) is 20.9. The molecule has 168 valence electrons. The van der Waals surface area contributed by atoms with Crippen molar-refractivity contribution < 1.29 is 22.7 Å². The molecule has 1 saturated heterocycles. The van der Waals surface area contributed by atoms with Crippen LogP contribution in [0.3, 0.4) is 0 Å². The molecule has 1 amide bonds. The van der Waals surface area contributed by atoms with Gasteiger partial charge >= 0.3 is 12.3 Å². The SMILES string of the molecule is CC(C)(C)OC(=O)N1CCN(c2cc3c(Br)cc(C(F)(F)F)cc3nc2C2CC2)CC1. The van der Waals surface area contributed by atoms with Crippen molar-refractivity contribution in [2.24, 2.45) is 0 Å². The minimum Gasteiger partial charge on any atom is -0.444 e. The highest BCUT2D eigenvalue weighted by Crippen LogP contribution is 2.45. The van der Waals surface area contributed by atoms with E-state index in [4.69, 9.17) is 4.74 Å². The van der Waals surface area contributed by atoms with Crippen LogP contribution in [0.2, 0.25) is 0 Å². The zero-order chi connectivity index (χ0) is 22.6. The van der Waals surface area contributed by atoms with Gasteiger partial charge in [-0.2, -0.15) is 13.2 Å². The second-order valence-electron chi connectivity index (χ2n) is 9.14. The number of carbonyl (C=O) groups is 1. The molecule has 0 spiro atoms. The molecule has 1 aromatic carbocycles. The van der Waals surface area contributed by atoms with Crippen LogP contribution in [0, 0.1) is 0 Å². The topological polar surface area (TPSA) is 45.7 Å². The summed E-state index contributed by atoms with van der Waals surface area (Å²) in [6, 6.07) is 4.16. The van der Waals surface area contributed by atoms with Crippen LogP contribution in [0.4, 0.5) is 23.7 Å². The third kappa shape index (κ3) is 4.91. The molecule has 9 heteroatoms. The maximum Gasteiger partial charge on any atom is 0.416 e. The van der Waals surface area contributed by atoms with Gasteiger partial charge in [0.2, 0.25) is 0 Å². The van der Waals surface area contributed by atoms with Crippen LogP contribution in [0.15, 0.2) is 22.7 Å². The van der Waals surface area contributed by atoms with E-state index in [1.807, 2.05) is 26.8 Å². The maximum absolute atomic E-state index is 13.2. The van der Waals surface area contributed by atoms with Gasteiger partial charge < -0.3 is 14.5 Å². The minimum atomic E-state index is -4.42. The molecule has 2 fully saturated rings. The van der Waals surface area contributed by atoms with E-state index in [9.17, 15) is 18.0 Å². The first-order valence-electron chi connectivity index (χ1n) is 10.4. The Morgan fingerprint density at radius 3 is 2.29 bits per heavy atom. The molecule has 2 aliphatic rings. The smallest absolute Gasteiger partial charge is 0.416 e. The fraction of sp³-hybridized carbons (Fsp3) is 0.545. The van der Waals surface area contributed by atoms with Crippen molar-refractivity contribution in [1.82, 2.24) is 9.88 Å². The third-order valence-corrected chi connectivity index (χ3v) is 6.11. The molecule has 2 heterocycles. The lowest BCUT2D eigenvalue weighted by Gasteiger charge is -2.37. The van der Waals surface area contributed by atoms with E-state index in [-0.39, 0.29) is 12.0 Å². The van der Waals surface area contributed by atoms with Gasteiger partial charge in [0.25, 0.3) is 0 Å². The molecule has 1 aromatic heterocycles. The van der Waals surface area contributed by atoms with Crippen molar-refractivity contribution in [2.75, 3.05) is 31.1 Å². The summed E-state index contributed by atoms with van der Waals surface area (Å²) in [6.45, 7) is 7.79. The number of fused-ring (bicyclic) bond motifs is 1. The summed E-state index contributed by atoms with van der Waals surface area (Å²) in [5, 5.41) is 0.655. The maximum atomic E-state index is 13.2. The fourth-order valence-electron chi connectivity index (χ4n) is 3.77. The number of halogens is 4. The number of benzene rings is 1. The molecule has 1 aliphatic heterocycles. The summed E-state index contributed by atoms with van der Waals surface area (Å²) in [6.07, 6.45) is -2.77. The van der Waals surface area contributed by atoms with E-state index < -0.39 is 17.3 Å². The molecule has 4 rings (SSSR count). The van der Waals surface area contributed by atoms with Crippen molar-refractivity contribution in [3.05, 3.63) is 33.9 Å². The molecule has 0 N–H and O–H groups in total. The summed E-state index contributed by atoms with van der Waals surface area (Å²) in [5.74, 6) is 0.275. The number of piperazine rings is 1. The predicted octanol–water partition coefficient (Wildman–Crippen LogP) is 5.95. The Balaban J connectivity index is 1.62. The standard InChI is InChI=1S/C22H25BrF3N3O2/c1-21(2,3)31-20(30)29-8-6-28(7-9-29)18-12-15-16(23)10-14(22(24,25)26)11-17(15)27-19(18)13-4-5-13/h10-13H,4-9H2,1-3H3. The number of anilines is 1. The van der Waals surface area contributed by atoms with Crippen LogP contribution in [0.1, 0.15) is 50.8 Å². The fourth-order valence-corrected chi connectivity index (χ4v) is 4.33. The number of aromatic nitrogens is 1. The highest BCUT2D eigenvalue weighted by molar-refractivity contribution is 9.10. The number of carbonyl (C=O) groups excluding carboxylic acids is 1. The van der Waals surface area contributed by atoms with E-state index in [1.54, 1.807) is 4.90 Å². The number of alkyl halides is 3. The lowest BCUT2D eigenvalue weighted by atomic mass is 10.1. The minimum absolute atomic E-state index is 0.275. The molecule has 0 atom stereocenters. The predicted molar refractivity (Wildman–Crippen MR) is 116 cm³/mol. The van der Waals surface area contributed by atoms with Gasteiger partial charge in [0, 0.05) is 42.0 Å². The molecule has 0 bridgehead atoms. The Hall–Kier alpha value is -2.03. The summed E-state index contributed by atoms with van der Waals surface area (Å²) in [7, 11) is 0. The number of hydrogen-bond acceptors (Lipinski definition) is 4. The van der Waals surface area contributed by atoms with Crippen molar-refractivity contribution in [3.8, 4) is 0 Å². The molecule has 2 aromatic rings. The van der Waals surface area contributed by atoms with Crippen molar-refractivity contribution >= 4 is 38.6 Å². The van der Waals surface area contributed by atoms with Gasteiger partial charge in [0.05, 0.1) is 22.5 Å². The summed E-state index contributed by atoms with van der Waals surface area (Å²) < 4.78 is 45.6. The Bertz CT molecular complexity index is 1010. The largest absolute Gasteiger partial charge is 0.444 e. The van der Waals surface area contributed by atoms with Crippen molar-refractivity contribution in [1.29, 1.82) is 0 Å². The second-order valence-corrected chi connectivity index (χ2v) is 10.00. The lowest BCUT2D eigenvalue weighted by molar-refractivity contribution is -0.137. The van der Waals surface area contributed by atoms with Gasteiger partial charge in [-0.05, 0) is 51.8 Å². The van der Waals surface area contributed by atoms with Crippen LogP contribution in [0.25, 0.3) is 10.9 Å². The zero-order valence-corrected chi connectivity index (χ0v) is 19.3. The van der Waals surface area contributed by atoms with Crippen molar-refractivity contribution in [2.45, 2.75) is 51.3 Å². The van der Waals surface area contributed by atoms with E-state index in [0.717, 1.165) is 36.4 Å². The van der Waals surface area contributed by atoms with Crippen LogP contribution >= 0.6 is 15.9 Å². The quantitative estimate of drug-likeness (QED) is 0.512. The molecule has 31 heavy (non-hydrogen) atoms. The molecular weight excluding hydrogens is 475 g/mol. The van der Waals surface area contributed by atoms with Gasteiger partial charge in [-0.3, -0.25) is 4.98 Å². The summed E-state index contributed by atoms with van der Waals surface area (Å²) in [5.41, 5.74) is 0.889. The molecular formula is C22H25BrF3N3O2. The Morgan fingerprint density at radius 1 is 1.10 bits per heavy atom. The number of pyridine rings is 1. The van der Waals surface area contributed by atoms with Crippen LogP contribution in [-0.2, 0) is 10.9 Å².